The maximum atomic E-state index is 13.0. The number of carboxylic acids is 1. The molecular weight excluding hydrogens is 447 g/mol. The highest BCUT2D eigenvalue weighted by molar-refractivity contribution is 7.09. The molecule has 12 heteroatoms. The zero-order valence-electron chi connectivity index (χ0n) is 17.9. The van der Waals surface area contributed by atoms with E-state index >= 15 is 0 Å². The van der Waals surface area contributed by atoms with Gasteiger partial charge in [0, 0.05) is 37.3 Å². The molecule has 2 aromatic rings. The predicted octanol–water partition coefficient (Wildman–Crippen LogP) is 2.83. The number of aromatic nitrogens is 3. The largest absolute Gasteiger partial charge is 0.490 e. The number of carboxylic acid groups (broad SMARTS) is 1. The lowest BCUT2D eigenvalue weighted by Gasteiger charge is -2.37. The third-order valence-electron chi connectivity index (χ3n) is 5.84. The van der Waals surface area contributed by atoms with Crippen molar-refractivity contribution in [1.82, 2.24) is 24.6 Å². The smallest absolute Gasteiger partial charge is 0.475 e. The van der Waals surface area contributed by atoms with E-state index in [1.807, 2.05) is 29.7 Å². The van der Waals surface area contributed by atoms with Crippen LogP contribution in [0.2, 0.25) is 0 Å². The summed E-state index contributed by atoms with van der Waals surface area (Å²) in [6.07, 6.45) is 1.86. The molecule has 0 saturated carbocycles. The highest BCUT2D eigenvalue weighted by Crippen LogP contribution is 2.42. The van der Waals surface area contributed by atoms with Gasteiger partial charge < -0.3 is 10.0 Å². The normalized spacial score (nSPS) is 18.7. The third kappa shape index (κ3) is 5.85. The maximum absolute atomic E-state index is 13.0. The van der Waals surface area contributed by atoms with E-state index < -0.39 is 12.1 Å². The molecule has 2 saturated heterocycles. The Morgan fingerprint density at radius 1 is 1.22 bits per heavy atom. The van der Waals surface area contributed by atoms with Crippen molar-refractivity contribution in [2.45, 2.75) is 45.5 Å². The number of rotatable bonds is 4. The van der Waals surface area contributed by atoms with E-state index in [0.29, 0.717) is 12.5 Å². The first-order chi connectivity index (χ1) is 15.0. The molecule has 0 aliphatic carbocycles. The second kappa shape index (κ2) is 9.57. The Morgan fingerprint density at radius 3 is 2.34 bits per heavy atom. The van der Waals surface area contributed by atoms with E-state index in [0.717, 1.165) is 56.1 Å². The van der Waals surface area contributed by atoms with Crippen molar-refractivity contribution in [2.24, 2.45) is 12.5 Å². The number of hydrogen-bond donors (Lipinski definition) is 1. The van der Waals surface area contributed by atoms with Crippen LogP contribution in [0.5, 0.6) is 0 Å². The van der Waals surface area contributed by atoms with Crippen LogP contribution in [-0.2, 0) is 29.7 Å². The summed E-state index contributed by atoms with van der Waals surface area (Å²) in [6.45, 7) is 6.47. The molecule has 32 heavy (non-hydrogen) atoms. The highest BCUT2D eigenvalue weighted by Gasteiger charge is 2.48. The summed E-state index contributed by atoms with van der Waals surface area (Å²) in [5.41, 5.74) is 2.15. The molecule has 1 N–H and O–H groups in total. The van der Waals surface area contributed by atoms with Gasteiger partial charge in [-0.2, -0.15) is 18.3 Å². The number of aryl methyl sites for hydroxylation is 2. The van der Waals surface area contributed by atoms with Gasteiger partial charge in [0.05, 0.1) is 28.9 Å². The number of aliphatic carboxylic acids is 1. The number of thiazole rings is 1. The van der Waals surface area contributed by atoms with Crippen molar-refractivity contribution in [2.75, 3.05) is 19.6 Å². The molecule has 176 valence electrons. The van der Waals surface area contributed by atoms with Gasteiger partial charge in [-0.1, -0.05) is 0 Å². The maximum Gasteiger partial charge on any atom is 0.490 e. The Balaban J connectivity index is 0.000000360. The van der Waals surface area contributed by atoms with Crippen LogP contribution in [0.15, 0.2) is 17.8 Å². The highest BCUT2D eigenvalue weighted by atomic mass is 32.1. The van der Waals surface area contributed by atoms with Crippen LogP contribution >= 0.6 is 11.3 Å². The van der Waals surface area contributed by atoms with E-state index in [1.54, 1.807) is 11.3 Å². The lowest BCUT2D eigenvalue weighted by molar-refractivity contribution is -0.192. The van der Waals surface area contributed by atoms with Crippen LogP contribution in [0.3, 0.4) is 0 Å². The van der Waals surface area contributed by atoms with Gasteiger partial charge in [-0.25, -0.2) is 9.78 Å². The second-order valence-electron chi connectivity index (χ2n) is 8.22. The average Bonchev–Trinajstić information content (AvgIpc) is 3.40. The summed E-state index contributed by atoms with van der Waals surface area (Å²) in [5.74, 6) is -2.41. The fourth-order valence-electron chi connectivity index (χ4n) is 4.13. The van der Waals surface area contributed by atoms with Crippen LogP contribution in [0.1, 0.15) is 35.5 Å². The Labute approximate surface area is 187 Å². The van der Waals surface area contributed by atoms with E-state index in [2.05, 4.69) is 26.6 Å². The van der Waals surface area contributed by atoms with Crippen molar-refractivity contribution in [1.29, 1.82) is 0 Å². The molecule has 2 fully saturated rings. The van der Waals surface area contributed by atoms with Crippen molar-refractivity contribution in [3.8, 4) is 0 Å². The van der Waals surface area contributed by atoms with E-state index in [1.165, 1.54) is 5.56 Å². The summed E-state index contributed by atoms with van der Waals surface area (Å²) in [6, 6.07) is 0. The number of likely N-dealkylation sites (tertiary alicyclic amines) is 2. The molecule has 2 aromatic heterocycles. The van der Waals surface area contributed by atoms with E-state index in [4.69, 9.17) is 9.90 Å². The number of amides is 1. The molecule has 4 rings (SSSR count). The van der Waals surface area contributed by atoms with Gasteiger partial charge in [0.15, 0.2) is 0 Å². The molecule has 0 atom stereocenters. The summed E-state index contributed by atoms with van der Waals surface area (Å²) in [5, 5.41) is 14.5. The topological polar surface area (TPSA) is 91.6 Å². The molecule has 1 spiro atoms. The minimum Gasteiger partial charge on any atom is -0.475 e. The van der Waals surface area contributed by atoms with Gasteiger partial charge in [-0.15, -0.1) is 11.3 Å². The molecule has 0 bridgehead atoms. The number of carbonyl (C=O) groups is 2. The quantitative estimate of drug-likeness (QED) is 0.734. The van der Waals surface area contributed by atoms with Gasteiger partial charge in [0.1, 0.15) is 0 Å². The number of carbonyl (C=O) groups excluding carboxylic acids is 1. The van der Waals surface area contributed by atoms with Crippen LogP contribution in [-0.4, -0.2) is 67.4 Å². The lowest BCUT2D eigenvalue weighted by atomic mass is 9.77. The van der Waals surface area contributed by atoms with Gasteiger partial charge in [-0.05, 0) is 39.3 Å². The Hall–Kier alpha value is -2.47. The van der Waals surface area contributed by atoms with Gasteiger partial charge in [0.25, 0.3) is 0 Å². The molecular formula is C20H26F3N5O3S. The Morgan fingerprint density at radius 2 is 1.84 bits per heavy atom. The standard InChI is InChI=1S/C18H25N5OS.C2HF3O2/c1-14-20-16(13-25-14)12-23-8-5-18(17(23)24)3-6-22(7-4-18)11-15-9-19-21(2)10-15;3-2(4,5)1(6)7/h9-10,13H,3-8,11-12H2,1-2H3;(H,6,7). The van der Waals surface area contributed by atoms with Gasteiger partial charge >= 0.3 is 12.1 Å². The fourth-order valence-corrected chi connectivity index (χ4v) is 4.74. The van der Waals surface area contributed by atoms with Gasteiger partial charge in [0.2, 0.25) is 5.91 Å². The average molecular weight is 474 g/mol. The number of alkyl halides is 3. The fraction of sp³-hybridized carbons (Fsp3) is 0.600. The molecule has 0 aromatic carbocycles. The molecule has 1 amide bonds. The monoisotopic (exact) mass is 473 g/mol. The molecule has 2 aliphatic heterocycles. The summed E-state index contributed by atoms with van der Waals surface area (Å²) < 4.78 is 33.6. The molecule has 8 nitrogen and oxygen atoms in total. The zero-order valence-corrected chi connectivity index (χ0v) is 18.7. The van der Waals surface area contributed by atoms with Crippen molar-refractivity contribution >= 4 is 23.2 Å². The molecule has 0 unspecified atom stereocenters. The first-order valence-electron chi connectivity index (χ1n) is 10.2. The minimum absolute atomic E-state index is 0.128. The first-order valence-corrected chi connectivity index (χ1v) is 11.1. The van der Waals surface area contributed by atoms with Crippen LogP contribution in [0.25, 0.3) is 0 Å². The SMILES string of the molecule is Cc1nc(CN2CCC3(CCN(Cc4cnn(C)c4)CC3)C2=O)cs1.O=C(O)C(F)(F)F. The molecule has 2 aliphatic rings. The summed E-state index contributed by atoms with van der Waals surface area (Å²) in [4.78, 5) is 30.9. The predicted molar refractivity (Wildman–Crippen MR) is 111 cm³/mol. The number of nitrogens with zero attached hydrogens (tertiary/aromatic N) is 5. The van der Waals surface area contributed by atoms with Crippen molar-refractivity contribution in [3.63, 3.8) is 0 Å². The van der Waals surface area contributed by atoms with Crippen LogP contribution in [0.4, 0.5) is 13.2 Å². The zero-order chi connectivity index (χ0) is 23.5. The van der Waals surface area contributed by atoms with Crippen LogP contribution < -0.4 is 0 Å². The Kier molecular flexibility index (Phi) is 7.23. The Bertz CT molecular complexity index is 950. The minimum atomic E-state index is -5.08. The molecule has 4 heterocycles. The number of halogens is 3. The first kappa shape index (κ1) is 24.2. The summed E-state index contributed by atoms with van der Waals surface area (Å²) in [7, 11) is 1.95. The molecule has 0 radical (unpaired) electrons. The van der Waals surface area contributed by atoms with Gasteiger partial charge in [-0.3, -0.25) is 14.4 Å². The second-order valence-corrected chi connectivity index (χ2v) is 9.28. The van der Waals surface area contributed by atoms with E-state index in [9.17, 15) is 18.0 Å². The summed E-state index contributed by atoms with van der Waals surface area (Å²) >= 11 is 1.66. The lowest BCUT2D eigenvalue weighted by Crippen LogP contribution is -2.44. The van der Waals surface area contributed by atoms with Crippen molar-refractivity contribution < 1.29 is 27.9 Å². The third-order valence-corrected chi connectivity index (χ3v) is 6.66. The number of hydrogen-bond acceptors (Lipinski definition) is 6. The van der Waals surface area contributed by atoms with E-state index in [-0.39, 0.29) is 5.41 Å². The van der Waals surface area contributed by atoms with Crippen LogP contribution in [0, 0.1) is 12.3 Å². The number of piperidine rings is 1. The van der Waals surface area contributed by atoms with Crippen molar-refractivity contribution in [3.05, 3.63) is 34.0 Å².